The predicted molar refractivity (Wildman–Crippen MR) is 266 cm³/mol. The van der Waals surface area contributed by atoms with Crippen molar-refractivity contribution in [2.45, 2.75) is 19.4 Å². The van der Waals surface area contributed by atoms with Crippen molar-refractivity contribution in [3.63, 3.8) is 0 Å². The third-order valence-electron chi connectivity index (χ3n) is 12.0. The number of aromatic nitrogens is 4. The Labute approximate surface area is 380 Å². The summed E-state index contributed by atoms with van der Waals surface area (Å²) in [7, 11) is 0. The molecule has 314 valence electrons. The number of rotatable bonds is 8. The number of fused-ring (bicyclic) bond motifs is 8. The van der Waals surface area contributed by atoms with Gasteiger partial charge in [0.05, 0.1) is 46.6 Å². The van der Waals surface area contributed by atoms with Crippen LogP contribution in [-0.2, 0) is 9.53 Å². The molecule has 11 rings (SSSR count). The molecule has 9 heteroatoms. The maximum atomic E-state index is 13.6. The van der Waals surface area contributed by atoms with E-state index in [1.54, 1.807) is 0 Å². The molecule has 1 atom stereocenters. The molecule has 8 aromatic rings. The number of carbonyl (C=O) groups is 1. The van der Waals surface area contributed by atoms with Crippen LogP contribution in [0.15, 0.2) is 169 Å². The second-order valence-electron chi connectivity index (χ2n) is 16.0. The van der Waals surface area contributed by atoms with Gasteiger partial charge in [-0.2, -0.15) is 5.10 Å². The molecular formula is C56H41ClN6O2. The Morgan fingerprint density at radius 1 is 0.585 bits per heavy atom. The van der Waals surface area contributed by atoms with Crippen LogP contribution >= 0.6 is 11.6 Å². The highest BCUT2D eigenvalue weighted by atomic mass is 35.5. The van der Waals surface area contributed by atoms with Crippen molar-refractivity contribution in [1.82, 2.24) is 19.9 Å². The lowest BCUT2D eigenvalue weighted by atomic mass is 9.96. The monoisotopic (exact) mass is 864 g/mol. The van der Waals surface area contributed by atoms with Gasteiger partial charge in [-0.25, -0.2) is 14.8 Å². The fraction of sp³-hybridized carbons (Fsp3) is 0.0714. The van der Waals surface area contributed by atoms with Crippen molar-refractivity contribution in [2.24, 2.45) is 5.10 Å². The summed E-state index contributed by atoms with van der Waals surface area (Å²) in [5.74, 6) is -0.446. The van der Waals surface area contributed by atoms with E-state index < -0.39 is 12.0 Å². The molecule has 0 saturated heterocycles. The number of aromatic amines is 2. The summed E-state index contributed by atoms with van der Waals surface area (Å²) in [6.45, 7) is 2.04. The largest absolute Gasteiger partial charge is 0.461 e. The molecule has 0 radical (unpaired) electrons. The van der Waals surface area contributed by atoms with Crippen LogP contribution in [0.3, 0.4) is 0 Å². The summed E-state index contributed by atoms with van der Waals surface area (Å²) < 4.78 is 5.57. The van der Waals surface area contributed by atoms with E-state index in [1.807, 2.05) is 84.7 Å². The van der Waals surface area contributed by atoms with Gasteiger partial charge < -0.3 is 14.7 Å². The molecular weight excluding hydrogens is 824 g/mol. The van der Waals surface area contributed by atoms with E-state index in [4.69, 9.17) is 31.4 Å². The first kappa shape index (κ1) is 39.8. The van der Waals surface area contributed by atoms with E-state index in [1.165, 1.54) is 0 Å². The number of hydrogen-bond donors (Lipinski definition) is 2. The molecule has 3 aliphatic heterocycles. The zero-order chi connectivity index (χ0) is 43.9. The minimum Gasteiger partial charge on any atom is -0.461 e. The molecule has 0 spiro atoms. The summed E-state index contributed by atoms with van der Waals surface area (Å²) in [6, 6.07) is 55.1. The third kappa shape index (κ3) is 7.43. The van der Waals surface area contributed by atoms with E-state index in [9.17, 15) is 4.79 Å². The van der Waals surface area contributed by atoms with Crippen LogP contribution in [0.5, 0.6) is 0 Å². The Hall–Kier alpha value is -8.07. The van der Waals surface area contributed by atoms with Crippen molar-refractivity contribution >= 4 is 75.3 Å². The molecule has 0 fully saturated rings. The zero-order valence-electron chi connectivity index (χ0n) is 35.4. The maximum absolute atomic E-state index is 13.6. The molecule has 5 aromatic carbocycles. The first-order valence-electron chi connectivity index (χ1n) is 21.7. The molecule has 3 aliphatic rings. The van der Waals surface area contributed by atoms with E-state index in [0.29, 0.717) is 17.2 Å². The van der Waals surface area contributed by atoms with Crippen LogP contribution in [0, 0.1) is 0 Å². The number of nitrogens with zero attached hydrogens (tertiary/aromatic N) is 4. The number of carbonyl (C=O) groups excluding carboxylic acids is 1. The molecule has 8 nitrogen and oxygen atoms in total. The van der Waals surface area contributed by atoms with Crippen LogP contribution in [0.4, 0.5) is 5.69 Å². The van der Waals surface area contributed by atoms with Gasteiger partial charge in [-0.3, -0.25) is 5.01 Å². The average molecular weight is 865 g/mol. The summed E-state index contributed by atoms with van der Waals surface area (Å²) >= 11 is 6.44. The van der Waals surface area contributed by atoms with E-state index >= 15 is 0 Å². The number of nitrogens with one attached hydrogen (secondary N) is 2. The standard InChI is InChI=1S/C56H41ClN6O2/c1-2-65-56(64)49-34-50(63(62-49)40-25-23-39(57)24-26-40)41-33-48-53(37-19-11-5-12-20-37)46-30-29-44(59-46)51(35-15-7-3-8-16-35)42-27-28-43(58-42)52(36-17-9-4-10-18-36)45-31-32-47(60-45)54(55(41)61-48)38-21-13-6-14-22-38/h3-33,50,58,61H,2,34H2,1H3. The lowest BCUT2D eigenvalue weighted by Gasteiger charge is -2.24. The van der Waals surface area contributed by atoms with Gasteiger partial charge in [0.2, 0.25) is 0 Å². The number of ether oxygens (including phenoxy) is 1. The van der Waals surface area contributed by atoms with Crippen LogP contribution in [-0.4, -0.2) is 38.2 Å². The highest BCUT2D eigenvalue weighted by Crippen LogP contribution is 2.44. The Bertz CT molecular complexity index is 3380. The fourth-order valence-corrected chi connectivity index (χ4v) is 9.25. The normalized spacial score (nSPS) is 14.2. The predicted octanol–water partition coefficient (Wildman–Crippen LogP) is 13.8. The van der Waals surface area contributed by atoms with Gasteiger partial charge in [0.15, 0.2) is 0 Å². The molecule has 65 heavy (non-hydrogen) atoms. The lowest BCUT2D eigenvalue weighted by Crippen LogP contribution is -2.18. The maximum Gasteiger partial charge on any atom is 0.354 e. The second kappa shape index (κ2) is 16.9. The van der Waals surface area contributed by atoms with Crippen molar-refractivity contribution in [3.05, 3.63) is 197 Å². The minimum atomic E-state index is -0.446. The van der Waals surface area contributed by atoms with Crippen LogP contribution in [0.25, 0.3) is 90.9 Å². The van der Waals surface area contributed by atoms with Crippen molar-refractivity contribution in [3.8, 4) is 44.5 Å². The zero-order valence-corrected chi connectivity index (χ0v) is 36.1. The molecule has 1 unspecified atom stereocenters. The summed E-state index contributed by atoms with van der Waals surface area (Å²) in [5, 5.41) is 7.50. The number of benzene rings is 5. The Balaban J connectivity index is 1.32. The highest BCUT2D eigenvalue weighted by molar-refractivity contribution is 6.37. The van der Waals surface area contributed by atoms with Gasteiger partial charge >= 0.3 is 5.97 Å². The van der Waals surface area contributed by atoms with E-state index in [2.05, 4.69) is 125 Å². The number of anilines is 1. The van der Waals surface area contributed by atoms with Crippen LogP contribution in [0.1, 0.15) is 47.7 Å². The lowest BCUT2D eigenvalue weighted by molar-refractivity contribution is -0.135. The average Bonchev–Trinajstić information content (AvgIpc) is 4.22. The first-order valence-corrected chi connectivity index (χ1v) is 22.1. The van der Waals surface area contributed by atoms with Gasteiger partial charge in [-0.15, -0.1) is 0 Å². The minimum absolute atomic E-state index is 0.235. The fourth-order valence-electron chi connectivity index (χ4n) is 9.13. The van der Waals surface area contributed by atoms with Crippen molar-refractivity contribution in [1.29, 1.82) is 0 Å². The molecule has 0 aliphatic carbocycles. The molecule has 6 heterocycles. The summed E-state index contributed by atoms with van der Waals surface area (Å²) in [5.41, 5.74) is 16.6. The van der Waals surface area contributed by atoms with Crippen molar-refractivity contribution in [2.75, 3.05) is 11.6 Å². The Morgan fingerprint density at radius 3 is 1.51 bits per heavy atom. The molecule has 8 bridgehead atoms. The van der Waals surface area contributed by atoms with E-state index in [0.717, 1.165) is 101 Å². The second-order valence-corrected chi connectivity index (χ2v) is 16.4. The first-order chi connectivity index (χ1) is 32.0. The summed E-state index contributed by atoms with van der Waals surface area (Å²) in [6.07, 6.45) is 8.72. The summed E-state index contributed by atoms with van der Waals surface area (Å²) in [4.78, 5) is 32.4. The van der Waals surface area contributed by atoms with Crippen LogP contribution in [0.2, 0.25) is 5.02 Å². The van der Waals surface area contributed by atoms with Gasteiger partial charge in [0.1, 0.15) is 5.71 Å². The third-order valence-corrected chi connectivity index (χ3v) is 12.3. The van der Waals surface area contributed by atoms with Gasteiger partial charge in [0.25, 0.3) is 0 Å². The number of hydrazone groups is 1. The number of esters is 1. The number of halogens is 1. The molecule has 3 aromatic heterocycles. The van der Waals surface area contributed by atoms with Gasteiger partial charge in [0, 0.05) is 55.8 Å². The number of hydrogen-bond acceptors (Lipinski definition) is 6. The quantitative estimate of drug-likeness (QED) is 0.148. The van der Waals surface area contributed by atoms with Crippen LogP contribution < -0.4 is 5.01 Å². The van der Waals surface area contributed by atoms with Crippen molar-refractivity contribution < 1.29 is 9.53 Å². The smallest absolute Gasteiger partial charge is 0.354 e. The molecule has 2 N–H and O–H groups in total. The molecule has 0 amide bonds. The Morgan fingerprint density at radius 2 is 1.03 bits per heavy atom. The van der Waals surface area contributed by atoms with Gasteiger partial charge in [-0.05, 0) is 95.9 Å². The highest BCUT2D eigenvalue weighted by Gasteiger charge is 2.36. The Kier molecular flexibility index (Phi) is 10.3. The van der Waals surface area contributed by atoms with E-state index in [-0.39, 0.29) is 6.61 Å². The van der Waals surface area contributed by atoms with Gasteiger partial charge in [-0.1, -0.05) is 133 Å². The molecule has 0 saturated carbocycles. The SMILES string of the molecule is CCOC(=O)C1=NN(c2ccc(Cl)cc2)C(c2cc3[nH]c2c(-c2ccccc2)c2nc(c(-c4ccccc4)c4ccc([nH]4)c(-c4ccccc4)c4nc(c3-c3ccccc3)C=C4)C=C2)C1. The topological polar surface area (TPSA) is 99.3 Å². The number of H-pyrrole nitrogens is 2.